The Bertz CT molecular complexity index is 865. The predicted molar refractivity (Wildman–Crippen MR) is 93.6 cm³/mol. The van der Waals surface area contributed by atoms with Crippen LogP contribution in [0.5, 0.6) is 5.75 Å². The number of carbonyl (C=O) groups excluding carboxylic acids is 1. The lowest BCUT2D eigenvalue weighted by Gasteiger charge is -2.15. The van der Waals surface area contributed by atoms with Gasteiger partial charge in [0, 0.05) is 14.1 Å². The molecule has 140 valence electrons. The molecule has 0 bridgehead atoms. The molecule has 0 spiro atoms. The molecule has 2 aromatic carbocycles. The number of hydrogen-bond donors (Lipinski definition) is 0. The Morgan fingerprint density at radius 1 is 1.15 bits per heavy atom. The Morgan fingerprint density at radius 3 is 2.42 bits per heavy atom. The highest BCUT2D eigenvalue weighted by Crippen LogP contribution is 2.17. The third-order valence-electron chi connectivity index (χ3n) is 3.52. The van der Waals surface area contributed by atoms with E-state index in [9.17, 15) is 17.6 Å². The van der Waals surface area contributed by atoms with Crippen LogP contribution in [0.1, 0.15) is 12.5 Å². The van der Waals surface area contributed by atoms with Crippen LogP contribution >= 0.6 is 0 Å². The number of nitrogens with zero attached hydrogens (tertiary/aromatic N) is 1. The molecule has 0 aromatic heterocycles. The van der Waals surface area contributed by atoms with Gasteiger partial charge >= 0.3 is 5.97 Å². The van der Waals surface area contributed by atoms with E-state index in [1.807, 2.05) is 0 Å². The molecular weight excluding hydrogens is 361 g/mol. The Balaban J connectivity index is 1.97. The third-order valence-corrected chi connectivity index (χ3v) is 5.33. The largest absolute Gasteiger partial charge is 0.479 e. The second kappa shape index (κ2) is 8.29. The molecule has 2 rings (SSSR count). The monoisotopic (exact) mass is 381 g/mol. The highest BCUT2D eigenvalue weighted by molar-refractivity contribution is 7.89. The molecule has 0 heterocycles. The second-order valence-electron chi connectivity index (χ2n) is 5.76. The summed E-state index contributed by atoms with van der Waals surface area (Å²) in [6.45, 7) is 1.42. The van der Waals surface area contributed by atoms with E-state index in [-0.39, 0.29) is 11.5 Å². The zero-order valence-electron chi connectivity index (χ0n) is 14.7. The number of carbonyl (C=O) groups is 1. The number of ether oxygens (including phenoxy) is 2. The number of esters is 1. The third kappa shape index (κ3) is 5.03. The van der Waals surface area contributed by atoms with E-state index in [1.165, 1.54) is 57.4 Å². The van der Waals surface area contributed by atoms with E-state index in [0.717, 1.165) is 4.31 Å². The fourth-order valence-corrected chi connectivity index (χ4v) is 3.02. The molecule has 1 unspecified atom stereocenters. The van der Waals surface area contributed by atoms with Gasteiger partial charge in [-0.25, -0.2) is 21.9 Å². The van der Waals surface area contributed by atoms with Gasteiger partial charge in [0.1, 0.15) is 18.2 Å². The molecule has 0 aliphatic heterocycles. The first-order valence-corrected chi connectivity index (χ1v) is 9.24. The summed E-state index contributed by atoms with van der Waals surface area (Å²) >= 11 is 0. The van der Waals surface area contributed by atoms with E-state index in [1.54, 1.807) is 12.1 Å². The second-order valence-corrected chi connectivity index (χ2v) is 7.91. The van der Waals surface area contributed by atoms with Gasteiger partial charge in [0.2, 0.25) is 10.0 Å². The average Bonchev–Trinajstić information content (AvgIpc) is 2.61. The van der Waals surface area contributed by atoms with Crippen LogP contribution in [0.2, 0.25) is 0 Å². The predicted octanol–water partition coefficient (Wildman–Crippen LogP) is 2.59. The van der Waals surface area contributed by atoms with E-state index in [2.05, 4.69) is 0 Å². The molecule has 0 saturated heterocycles. The summed E-state index contributed by atoms with van der Waals surface area (Å²) in [6, 6.07) is 11.4. The number of hydrogen-bond acceptors (Lipinski definition) is 5. The molecular formula is C18H20FNO5S. The van der Waals surface area contributed by atoms with E-state index in [4.69, 9.17) is 9.47 Å². The fourth-order valence-electron chi connectivity index (χ4n) is 2.04. The molecule has 6 nitrogen and oxygen atoms in total. The number of sulfonamides is 1. The minimum Gasteiger partial charge on any atom is -0.479 e. The van der Waals surface area contributed by atoms with E-state index in [0.29, 0.717) is 11.3 Å². The van der Waals surface area contributed by atoms with Crippen molar-refractivity contribution >= 4 is 16.0 Å². The molecule has 26 heavy (non-hydrogen) atoms. The van der Waals surface area contributed by atoms with Crippen LogP contribution in [0.25, 0.3) is 0 Å². The first-order chi connectivity index (χ1) is 12.2. The summed E-state index contributed by atoms with van der Waals surface area (Å²) in [5.74, 6) is -0.676. The summed E-state index contributed by atoms with van der Waals surface area (Å²) < 4.78 is 48.8. The van der Waals surface area contributed by atoms with Crippen LogP contribution in [0.4, 0.5) is 4.39 Å². The maximum absolute atomic E-state index is 12.9. The molecule has 0 radical (unpaired) electrons. The topological polar surface area (TPSA) is 72.9 Å². The van der Waals surface area contributed by atoms with Crippen molar-refractivity contribution in [2.45, 2.75) is 24.5 Å². The number of rotatable bonds is 7. The van der Waals surface area contributed by atoms with Crippen molar-refractivity contribution in [3.63, 3.8) is 0 Å². The zero-order chi connectivity index (χ0) is 19.3. The van der Waals surface area contributed by atoms with Crippen LogP contribution < -0.4 is 4.74 Å². The molecule has 0 aliphatic carbocycles. The zero-order valence-corrected chi connectivity index (χ0v) is 15.5. The Kier molecular flexibility index (Phi) is 6.33. The highest BCUT2D eigenvalue weighted by atomic mass is 32.2. The summed E-state index contributed by atoms with van der Waals surface area (Å²) in [7, 11) is -0.679. The number of halogens is 1. The normalized spacial score (nSPS) is 12.7. The van der Waals surface area contributed by atoms with Crippen molar-refractivity contribution in [3.8, 4) is 5.75 Å². The number of benzene rings is 2. The quantitative estimate of drug-likeness (QED) is 0.690. The summed E-state index contributed by atoms with van der Waals surface area (Å²) in [5, 5.41) is 0. The SMILES string of the molecule is CC(Oc1ccc(F)cc1)C(=O)OCc1cccc(S(=O)(=O)N(C)C)c1. The van der Waals surface area contributed by atoms with Crippen LogP contribution in [0.15, 0.2) is 53.4 Å². The maximum Gasteiger partial charge on any atom is 0.347 e. The minimum atomic E-state index is -3.56. The fraction of sp³-hybridized carbons (Fsp3) is 0.278. The molecule has 0 aliphatic rings. The van der Waals surface area contributed by atoms with Crippen LogP contribution in [-0.2, 0) is 26.2 Å². The van der Waals surface area contributed by atoms with Crippen LogP contribution in [-0.4, -0.2) is 38.9 Å². The van der Waals surface area contributed by atoms with Gasteiger partial charge in [-0.2, -0.15) is 0 Å². The maximum atomic E-state index is 12.9. The smallest absolute Gasteiger partial charge is 0.347 e. The first-order valence-electron chi connectivity index (χ1n) is 7.80. The molecule has 1 atom stereocenters. The highest BCUT2D eigenvalue weighted by Gasteiger charge is 2.19. The summed E-state index contributed by atoms with van der Waals surface area (Å²) in [5.41, 5.74) is 0.537. The molecule has 0 saturated carbocycles. The van der Waals surface area contributed by atoms with Gasteiger partial charge in [0.25, 0.3) is 0 Å². The van der Waals surface area contributed by atoms with Crippen molar-refractivity contribution in [3.05, 3.63) is 59.9 Å². The average molecular weight is 381 g/mol. The summed E-state index contributed by atoms with van der Waals surface area (Å²) in [4.78, 5) is 12.1. The Labute approximate surface area is 152 Å². The van der Waals surface area contributed by atoms with Crippen molar-refractivity contribution in [2.75, 3.05) is 14.1 Å². The van der Waals surface area contributed by atoms with Gasteiger partial charge in [0.05, 0.1) is 4.90 Å². The van der Waals surface area contributed by atoms with Gasteiger partial charge in [-0.15, -0.1) is 0 Å². The van der Waals surface area contributed by atoms with Crippen molar-refractivity contribution < 1.29 is 27.1 Å². The lowest BCUT2D eigenvalue weighted by atomic mass is 10.2. The molecule has 0 fully saturated rings. The van der Waals surface area contributed by atoms with Crippen LogP contribution in [0, 0.1) is 5.82 Å². The minimum absolute atomic E-state index is 0.0905. The molecule has 2 aromatic rings. The van der Waals surface area contributed by atoms with Crippen molar-refractivity contribution in [1.29, 1.82) is 0 Å². The van der Waals surface area contributed by atoms with Crippen molar-refractivity contribution in [2.24, 2.45) is 0 Å². The lowest BCUT2D eigenvalue weighted by Crippen LogP contribution is -2.26. The van der Waals surface area contributed by atoms with E-state index >= 15 is 0 Å². The van der Waals surface area contributed by atoms with Gasteiger partial charge in [-0.1, -0.05) is 12.1 Å². The summed E-state index contributed by atoms with van der Waals surface area (Å²) in [6.07, 6.45) is -0.894. The molecule has 0 N–H and O–H groups in total. The standard InChI is InChI=1S/C18H20FNO5S/c1-13(25-16-9-7-15(19)8-10-16)18(21)24-12-14-5-4-6-17(11-14)26(22,23)20(2)3/h4-11,13H,12H2,1-3H3. The van der Waals surface area contributed by atoms with Gasteiger partial charge in [-0.3, -0.25) is 0 Å². The lowest BCUT2D eigenvalue weighted by molar-refractivity contribution is -0.152. The van der Waals surface area contributed by atoms with Gasteiger partial charge in [-0.05, 0) is 48.9 Å². The van der Waals surface area contributed by atoms with Crippen LogP contribution in [0.3, 0.4) is 0 Å². The molecule has 0 amide bonds. The van der Waals surface area contributed by atoms with Gasteiger partial charge in [0.15, 0.2) is 6.10 Å². The van der Waals surface area contributed by atoms with E-state index < -0.39 is 27.9 Å². The Hall–Kier alpha value is -2.45. The Morgan fingerprint density at radius 2 is 1.81 bits per heavy atom. The van der Waals surface area contributed by atoms with Crippen molar-refractivity contribution in [1.82, 2.24) is 4.31 Å². The first kappa shape index (κ1) is 19.9. The van der Waals surface area contributed by atoms with Gasteiger partial charge < -0.3 is 9.47 Å². The molecule has 8 heteroatoms.